The fourth-order valence-electron chi connectivity index (χ4n) is 5.54. The molecule has 4 heteroatoms. The lowest BCUT2D eigenvalue weighted by molar-refractivity contribution is -0.123. The summed E-state index contributed by atoms with van der Waals surface area (Å²) in [6.07, 6.45) is 14.0. The molecule has 1 fully saturated rings. The summed E-state index contributed by atoms with van der Waals surface area (Å²) in [5.74, 6) is 0.367. The molecule has 0 bridgehead atoms. The second-order valence-electron chi connectivity index (χ2n) is 10.8. The summed E-state index contributed by atoms with van der Waals surface area (Å²) in [4.78, 5) is 20.3. The maximum absolute atomic E-state index is 13.9. The molecule has 1 aliphatic heterocycles. The van der Waals surface area contributed by atoms with Crippen LogP contribution in [0.25, 0.3) is 11.1 Å². The van der Waals surface area contributed by atoms with Crippen LogP contribution in [0.1, 0.15) is 44.6 Å². The number of allylic oxidation sites excluding steroid dienone is 2. The van der Waals surface area contributed by atoms with Gasteiger partial charge in [-0.05, 0) is 72.9 Å². The van der Waals surface area contributed by atoms with Crippen molar-refractivity contribution in [1.82, 2.24) is 0 Å². The molecular weight excluding hydrogens is 466 g/mol. The van der Waals surface area contributed by atoms with Crippen molar-refractivity contribution in [1.29, 1.82) is 0 Å². The van der Waals surface area contributed by atoms with Gasteiger partial charge in [0.15, 0.2) is 0 Å². The van der Waals surface area contributed by atoms with E-state index in [1.807, 2.05) is 4.90 Å². The van der Waals surface area contributed by atoms with Gasteiger partial charge in [-0.3, -0.25) is 4.79 Å². The first-order valence-corrected chi connectivity index (χ1v) is 13.9. The van der Waals surface area contributed by atoms with Gasteiger partial charge in [-0.15, -0.1) is 0 Å². The van der Waals surface area contributed by atoms with Gasteiger partial charge < -0.3 is 14.7 Å². The normalized spacial score (nSPS) is 17.4. The van der Waals surface area contributed by atoms with E-state index in [1.54, 1.807) is 0 Å². The summed E-state index contributed by atoms with van der Waals surface area (Å²) in [5, 5.41) is 0. The maximum atomic E-state index is 13.9. The van der Waals surface area contributed by atoms with Crippen LogP contribution in [0.15, 0.2) is 97.2 Å². The Kier molecular flexibility index (Phi) is 7.97. The zero-order chi connectivity index (χ0) is 26.5. The second-order valence-corrected chi connectivity index (χ2v) is 10.8. The van der Waals surface area contributed by atoms with Gasteiger partial charge >= 0.3 is 0 Å². The van der Waals surface area contributed by atoms with Crippen molar-refractivity contribution in [3.05, 3.63) is 103 Å². The first-order valence-electron chi connectivity index (χ1n) is 13.9. The SMILES string of the molecule is CC1C=CC=CN1c1cccc(N(Cc2ccc(-c3ccc(N(C)C)cc3)cc2)C(=O)C2CCCCC2)c1. The Hall–Kier alpha value is -3.79. The van der Waals surface area contributed by atoms with Crippen molar-refractivity contribution in [2.24, 2.45) is 5.92 Å². The van der Waals surface area contributed by atoms with Gasteiger partial charge in [-0.2, -0.15) is 0 Å². The van der Waals surface area contributed by atoms with Gasteiger partial charge in [0.25, 0.3) is 0 Å². The minimum absolute atomic E-state index is 0.110. The minimum Gasteiger partial charge on any atom is -0.378 e. The van der Waals surface area contributed by atoms with Crippen molar-refractivity contribution in [2.45, 2.75) is 51.6 Å². The van der Waals surface area contributed by atoms with Gasteiger partial charge in [-0.25, -0.2) is 0 Å². The molecule has 0 radical (unpaired) electrons. The van der Waals surface area contributed by atoms with Crippen LogP contribution >= 0.6 is 0 Å². The third kappa shape index (κ3) is 5.85. The molecule has 3 aromatic carbocycles. The molecule has 5 rings (SSSR count). The third-order valence-corrected chi connectivity index (χ3v) is 7.86. The Morgan fingerprint density at radius 3 is 2.18 bits per heavy atom. The van der Waals surface area contributed by atoms with E-state index in [1.165, 1.54) is 23.2 Å². The monoisotopic (exact) mass is 505 g/mol. The smallest absolute Gasteiger partial charge is 0.230 e. The van der Waals surface area contributed by atoms with Crippen LogP contribution in [0.4, 0.5) is 17.1 Å². The van der Waals surface area contributed by atoms with E-state index in [0.29, 0.717) is 6.54 Å². The highest BCUT2D eigenvalue weighted by Gasteiger charge is 2.27. The number of nitrogens with zero attached hydrogens (tertiary/aromatic N) is 3. The highest BCUT2D eigenvalue weighted by molar-refractivity contribution is 5.95. The summed E-state index contributed by atoms with van der Waals surface area (Å²) in [6.45, 7) is 2.76. The van der Waals surface area contributed by atoms with Crippen LogP contribution in [0.2, 0.25) is 0 Å². The van der Waals surface area contributed by atoms with E-state index in [0.717, 1.165) is 42.6 Å². The molecule has 0 spiro atoms. The first kappa shape index (κ1) is 25.8. The van der Waals surface area contributed by atoms with Crippen LogP contribution in [-0.4, -0.2) is 26.0 Å². The lowest BCUT2D eigenvalue weighted by atomic mass is 9.88. The van der Waals surface area contributed by atoms with Crippen molar-refractivity contribution in [2.75, 3.05) is 28.8 Å². The van der Waals surface area contributed by atoms with Gasteiger partial charge in [0.1, 0.15) is 0 Å². The molecule has 2 aliphatic rings. The fourth-order valence-corrected chi connectivity index (χ4v) is 5.54. The topological polar surface area (TPSA) is 26.8 Å². The number of anilines is 3. The zero-order valence-electron chi connectivity index (χ0n) is 22.9. The highest BCUT2D eigenvalue weighted by Crippen LogP contribution is 2.32. The van der Waals surface area contributed by atoms with Crippen molar-refractivity contribution >= 4 is 23.0 Å². The lowest BCUT2D eigenvalue weighted by Gasteiger charge is -2.32. The zero-order valence-corrected chi connectivity index (χ0v) is 22.9. The quantitative estimate of drug-likeness (QED) is 0.328. The molecule has 4 nitrogen and oxygen atoms in total. The van der Waals surface area contributed by atoms with Crippen molar-refractivity contribution < 1.29 is 4.79 Å². The van der Waals surface area contributed by atoms with Crippen LogP contribution in [0.3, 0.4) is 0 Å². The molecule has 1 saturated carbocycles. The Bertz CT molecular complexity index is 1280. The molecule has 3 aromatic rings. The first-order chi connectivity index (χ1) is 18.5. The van der Waals surface area contributed by atoms with Gasteiger partial charge in [0.05, 0.1) is 6.54 Å². The van der Waals surface area contributed by atoms with Crippen LogP contribution in [-0.2, 0) is 11.3 Å². The van der Waals surface area contributed by atoms with Gasteiger partial charge in [0, 0.05) is 49.3 Å². The van der Waals surface area contributed by atoms with E-state index in [4.69, 9.17) is 0 Å². The molecule has 1 atom stereocenters. The predicted molar refractivity (Wildman–Crippen MR) is 161 cm³/mol. The summed E-state index contributed by atoms with van der Waals surface area (Å²) in [6, 6.07) is 26.0. The molecule has 0 aromatic heterocycles. The number of amides is 1. The van der Waals surface area contributed by atoms with Crippen molar-refractivity contribution in [3.8, 4) is 11.1 Å². The maximum Gasteiger partial charge on any atom is 0.230 e. The fraction of sp³-hybridized carbons (Fsp3) is 0.324. The Balaban J connectivity index is 1.41. The third-order valence-electron chi connectivity index (χ3n) is 7.86. The second kappa shape index (κ2) is 11.7. The number of hydrogen-bond donors (Lipinski definition) is 0. The number of carbonyl (C=O) groups excluding carboxylic acids is 1. The molecular formula is C34H39N3O. The molecule has 1 heterocycles. The molecule has 0 saturated heterocycles. The molecule has 1 unspecified atom stereocenters. The highest BCUT2D eigenvalue weighted by atomic mass is 16.2. The van der Waals surface area contributed by atoms with E-state index in [-0.39, 0.29) is 17.9 Å². The average Bonchev–Trinajstić information content (AvgIpc) is 2.97. The van der Waals surface area contributed by atoms with E-state index < -0.39 is 0 Å². The largest absolute Gasteiger partial charge is 0.378 e. The van der Waals surface area contributed by atoms with Gasteiger partial charge in [0.2, 0.25) is 5.91 Å². The Morgan fingerprint density at radius 2 is 1.53 bits per heavy atom. The molecule has 196 valence electrons. The van der Waals surface area contributed by atoms with Crippen molar-refractivity contribution in [3.63, 3.8) is 0 Å². The molecule has 0 N–H and O–H groups in total. The lowest BCUT2D eigenvalue weighted by Crippen LogP contribution is -2.37. The predicted octanol–water partition coefficient (Wildman–Crippen LogP) is 7.81. The van der Waals surface area contributed by atoms with E-state index in [9.17, 15) is 4.79 Å². The Morgan fingerprint density at radius 1 is 0.842 bits per heavy atom. The number of hydrogen-bond acceptors (Lipinski definition) is 3. The average molecular weight is 506 g/mol. The molecule has 1 aliphatic carbocycles. The Labute approximate surface area is 227 Å². The van der Waals surface area contributed by atoms with E-state index in [2.05, 4.69) is 128 Å². The standard InChI is InChI=1S/C34H39N3O/c1-26-10-7-8-23-36(26)32-13-9-14-33(24-32)37(34(38)30-11-5-4-6-12-30)25-27-15-17-28(18-16-27)29-19-21-31(22-20-29)35(2)3/h7-10,13-24,26,30H,4-6,11-12,25H2,1-3H3. The number of benzene rings is 3. The van der Waals surface area contributed by atoms with E-state index >= 15 is 0 Å². The summed E-state index contributed by atoms with van der Waals surface area (Å²) >= 11 is 0. The summed E-state index contributed by atoms with van der Waals surface area (Å²) in [5.41, 5.74) is 6.79. The minimum atomic E-state index is 0.110. The molecule has 1 amide bonds. The van der Waals surface area contributed by atoms with Gasteiger partial charge in [-0.1, -0.05) is 73.9 Å². The molecule has 38 heavy (non-hydrogen) atoms. The number of carbonyl (C=O) groups is 1. The van der Waals surface area contributed by atoms with Crippen LogP contribution in [0, 0.1) is 5.92 Å². The summed E-state index contributed by atoms with van der Waals surface area (Å²) in [7, 11) is 4.11. The van der Waals surface area contributed by atoms with Crippen LogP contribution < -0.4 is 14.7 Å². The number of rotatable bonds is 7. The summed E-state index contributed by atoms with van der Waals surface area (Å²) < 4.78 is 0. The van der Waals surface area contributed by atoms with Crippen LogP contribution in [0.5, 0.6) is 0 Å².